The second-order valence-corrected chi connectivity index (χ2v) is 4.25. The van der Waals surface area contributed by atoms with Crippen LogP contribution in [0.4, 0.5) is 5.13 Å². The van der Waals surface area contributed by atoms with Crippen LogP contribution in [0.15, 0.2) is 0 Å². The van der Waals surface area contributed by atoms with E-state index in [2.05, 4.69) is 22.4 Å². The Balaban J connectivity index is 2.26. The molecular formula is C8H15N3OS. The van der Waals surface area contributed by atoms with Crippen LogP contribution in [0.3, 0.4) is 0 Å². The van der Waals surface area contributed by atoms with Gasteiger partial charge in [-0.2, -0.15) is 0 Å². The number of aromatic nitrogens is 2. The summed E-state index contributed by atoms with van der Waals surface area (Å²) in [5.74, 6) is 0.495. The maximum Gasteiger partial charge on any atom is 0.205 e. The first-order valence-electron chi connectivity index (χ1n) is 4.25. The number of anilines is 1. The summed E-state index contributed by atoms with van der Waals surface area (Å²) in [6.07, 6.45) is 0. The molecule has 0 spiro atoms. The Hall–Kier alpha value is -0.680. The van der Waals surface area contributed by atoms with Crippen LogP contribution in [0.1, 0.15) is 11.9 Å². The molecule has 0 radical (unpaired) electrons. The van der Waals surface area contributed by atoms with E-state index in [-0.39, 0.29) is 0 Å². The number of nitrogens with zero attached hydrogens (tertiary/aromatic N) is 2. The highest BCUT2D eigenvalue weighted by atomic mass is 32.1. The quantitative estimate of drug-likeness (QED) is 0.785. The number of hydrogen-bond donors (Lipinski definition) is 1. The third-order valence-electron chi connectivity index (χ3n) is 1.58. The molecule has 0 saturated heterocycles. The van der Waals surface area contributed by atoms with Gasteiger partial charge < -0.3 is 10.1 Å². The molecule has 5 heteroatoms. The van der Waals surface area contributed by atoms with Crippen LogP contribution < -0.4 is 5.32 Å². The number of ether oxygens (including phenoxy) is 1. The third kappa shape index (κ3) is 3.69. The van der Waals surface area contributed by atoms with Crippen molar-refractivity contribution >= 4 is 16.5 Å². The first-order chi connectivity index (χ1) is 6.22. The smallest absolute Gasteiger partial charge is 0.205 e. The molecule has 1 unspecified atom stereocenters. The van der Waals surface area contributed by atoms with Gasteiger partial charge in [0.2, 0.25) is 5.13 Å². The lowest BCUT2D eigenvalue weighted by Crippen LogP contribution is -2.15. The highest BCUT2D eigenvalue weighted by Gasteiger charge is 2.03. The van der Waals surface area contributed by atoms with Crippen molar-refractivity contribution in [2.75, 3.05) is 25.6 Å². The summed E-state index contributed by atoms with van der Waals surface area (Å²) in [5.41, 5.74) is 0. The van der Waals surface area contributed by atoms with E-state index in [0.717, 1.165) is 23.3 Å². The van der Waals surface area contributed by atoms with Gasteiger partial charge in [0.25, 0.3) is 0 Å². The third-order valence-corrected chi connectivity index (χ3v) is 2.38. The van der Waals surface area contributed by atoms with E-state index in [9.17, 15) is 0 Å². The monoisotopic (exact) mass is 201 g/mol. The van der Waals surface area contributed by atoms with Gasteiger partial charge in [-0.15, -0.1) is 10.2 Å². The standard InChI is InChI=1S/C8H15N3OS/c1-6(5-12-3)4-9-8-11-10-7(2)13-8/h6H,4-5H2,1-3H3,(H,9,11). The predicted molar refractivity (Wildman–Crippen MR) is 54.2 cm³/mol. The second-order valence-electron chi connectivity index (χ2n) is 3.07. The highest BCUT2D eigenvalue weighted by molar-refractivity contribution is 7.15. The Bertz CT molecular complexity index is 251. The van der Waals surface area contributed by atoms with Crippen molar-refractivity contribution in [2.24, 2.45) is 5.92 Å². The van der Waals surface area contributed by atoms with Crippen molar-refractivity contribution in [1.82, 2.24) is 10.2 Å². The molecule has 1 aromatic rings. The van der Waals surface area contributed by atoms with Gasteiger partial charge in [0.1, 0.15) is 5.01 Å². The lowest BCUT2D eigenvalue weighted by atomic mass is 10.2. The van der Waals surface area contributed by atoms with Gasteiger partial charge in [-0.1, -0.05) is 18.3 Å². The average molecular weight is 201 g/mol. The van der Waals surface area contributed by atoms with E-state index in [0.29, 0.717) is 5.92 Å². The van der Waals surface area contributed by atoms with E-state index in [4.69, 9.17) is 4.74 Å². The zero-order valence-electron chi connectivity index (χ0n) is 8.20. The minimum Gasteiger partial charge on any atom is -0.384 e. The summed E-state index contributed by atoms with van der Waals surface area (Å²) in [6.45, 7) is 5.72. The van der Waals surface area contributed by atoms with E-state index >= 15 is 0 Å². The molecule has 1 heterocycles. The molecule has 1 rings (SSSR count). The number of methoxy groups -OCH3 is 1. The Labute approximate surface area is 82.3 Å². The van der Waals surface area contributed by atoms with Gasteiger partial charge in [-0.25, -0.2) is 0 Å². The summed E-state index contributed by atoms with van der Waals surface area (Å²) in [6, 6.07) is 0. The van der Waals surface area contributed by atoms with Gasteiger partial charge in [0, 0.05) is 13.7 Å². The molecule has 0 aromatic carbocycles. The molecule has 1 N–H and O–H groups in total. The van der Waals surface area contributed by atoms with Gasteiger partial charge in [-0.05, 0) is 12.8 Å². The molecule has 0 amide bonds. The molecule has 74 valence electrons. The molecule has 0 aliphatic heterocycles. The molecule has 1 aromatic heterocycles. The zero-order valence-corrected chi connectivity index (χ0v) is 9.02. The van der Waals surface area contributed by atoms with Gasteiger partial charge in [-0.3, -0.25) is 0 Å². The Kier molecular flexibility index (Phi) is 4.11. The average Bonchev–Trinajstić information content (AvgIpc) is 2.49. The Morgan fingerprint density at radius 3 is 2.85 bits per heavy atom. The number of rotatable bonds is 5. The largest absolute Gasteiger partial charge is 0.384 e. The van der Waals surface area contributed by atoms with Crippen LogP contribution in [-0.2, 0) is 4.74 Å². The maximum absolute atomic E-state index is 5.02. The lowest BCUT2D eigenvalue weighted by Gasteiger charge is -2.09. The summed E-state index contributed by atoms with van der Waals surface area (Å²) >= 11 is 1.57. The summed E-state index contributed by atoms with van der Waals surface area (Å²) < 4.78 is 5.02. The van der Waals surface area contributed by atoms with Crippen molar-refractivity contribution in [3.63, 3.8) is 0 Å². The van der Waals surface area contributed by atoms with Crippen LogP contribution in [-0.4, -0.2) is 30.5 Å². The van der Waals surface area contributed by atoms with E-state index in [1.807, 2.05) is 6.92 Å². The number of hydrogen-bond acceptors (Lipinski definition) is 5. The fraction of sp³-hybridized carbons (Fsp3) is 0.750. The zero-order chi connectivity index (χ0) is 9.68. The number of aryl methyl sites for hydroxylation is 1. The van der Waals surface area contributed by atoms with E-state index in [1.165, 1.54) is 0 Å². The molecule has 13 heavy (non-hydrogen) atoms. The van der Waals surface area contributed by atoms with Crippen LogP contribution in [0, 0.1) is 12.8 Å². The predicted octanol–water partition coefficient (Wildman–Crippen LogP) is 1.54. The second kappa shape index (κ2) is 5.14. The van der Waals surface area contributed by atoms with Crippen molar-refractivity contribution in [1.29, 1.82) is 0 Å². The molecule has 0 fully saturated rings. The molecular weight excluding hydrogens is 186 g/mol. The summed E-state index contributed by atoms with van der Waals surface area (Å²) in [5, 5.41) is 13.0. The van der Waals surface area contributed by atoms with Gasteiger partial charge in [0.05, 0.1) is 6.61 Å². The van der Waals surface area contributed by atoms with Crippen LogP contribution >= 0.6 is 11.3 Å². The van der Waals surface area contributed by atoms with Crippen molar-refractivity contribution in [3.05, 3.63) is 5.01 Å². The van der Waals surface area contributed by atoms with Crippen LogP contribution in [0.2, 0.25) is 0 Å². The molecule has 0 aliphatic rings. The summed E-state index contributed by atoms with van der Waals surface area (Å²) in [4.78, 5) is 0. The van der Waals surface area contributed by atoms with Crippen molar-refractivity contribution < 1.29 is 4.74 Å². The molecule has 0 saturated carbocycles. The van der Waals surface area contributed by atoms with Crippen molar-refractivity contribution in [2.45, 2.75) is 13.8 Å². The topological polar surface area (TPSA) is 47.0 Å². The van der Waals surface area contributed by atoms with Crippen LogP contribution in [0.25, 0.3) is 0 Å². The van der Waals surface area contributed by atoms with Gasteiger partial charge >= 0.3 is 0 Å². The molecule has 0 bridgehead atoms. The van der Waals surface area contributed by atoms with E-state index < -0.39 is 0 Å². The molecule has 0 aliphatic carbocycles. The SMILES string of the molecule is COCC(C)CNc1nnc(C)s1. The Morgan fingerprint density at radius 1 is 1.54 bits per heavy atom. The maximum atomic E-state index is 5.02. The van der Waals surface area contributed by atoms with Gasteiger partial charge in [0.15, 0.2) is 0 Å². The normalized spacial score (nSPS) is 12.8. The lowest BCUT2D eigenvalue weighted by molar-refractivity contribution is 0.164. The first-order valence-corrected chi connectivity index (χ1v) is 5.07. The fourth-order valence-corrected chi connectivity index (χ4v) is 1.57. The van der Waals surface area contributed by atoms with E-state index in [1.54, 1.807) is 18.4 Å². The molecule has 1 atom stereocenters. The summed E-state index contributed by atoms with van der Waals surface area (Å²) in [7, 11) is 1.71. The minimum atomic E-state index is 0.495. The minimum absolute atomic E-state index is 0.495. The number of nitrogens with one attached hydrogen (secondary N) is 1. The molecule has 4 nitrogen and oxygen atoms in total. The highest BCUT2D eigenvalue weighted by Crippen LogP contribution is 2.13. The van der Waals surface area contributed by atoms with Crippen molar-refractivity contribution in [3.8, 4) is 0 Å². The first kappa shape index (κ1) is 10.4. The Morgan fingerprint density at radius 2 is 2.31 bits per heavy atom. The van der Waals surface area contributed by atoms with Crippen LogP contribution in [0.5, 0.6) is 0 Å². The fourth-order valence-electron chi connectivity index (χ4n) is 0.973.